The van der Waals surface area contributed by atoms with E-state index in [0.717, 1.165) is 23.5 Å². The summed E-state index contributed by atoms with van der Waals surface area (Å²) in [5.74, 6) is -1.85. The molecule has 6 heteroatoms. The number of rotatable bonds is 3. The van der Waals surface area contributed by atoms with Crippen LogP contribution in [0.1, 0.15) is 17.2 Å². The molecule has 1 aromatic carbocycles. The maximum Gasteiger partial charge on any atom is 0.159 e. The molecule has 0 bridgehead atoms. The van der Waals surface area contributed by atoms with Crippen molar-refractivity contribution in [3.8, 4) is 0 Å². The summed E-state index contributed by atoms with van der Waals surface area (Å²) in [6.45, 7) is 0. The number of halogens is 4. The molecule has 0 aliphatic carbocycles. The summed E-state index contributed by atoms with van der Waals surface area (Å²) in [4.78, 5) is 0. The zero-order valence-corrected chi connectivity index (χ0v) is 11.3. The Bertz CT molecular complexity index is 571. The number of aliphatic hydroxyl groups is 1. The highest BCUT2D eigenvalue weighted by atomic mass is 35.5. The summed E-state index contributed by atoms with van der Waals surface area (Å²) in [5.41, 5.74) is 0.983. The molecule has 96 valence electrons. The average molecular weight is 309 g/mol. The first kappa shape index (κ1) is 13.7. The maximum atomic E-state index is 13.0. The van der Waals surface area contributed by atoms with Crippen molar-refractivity contribution < 1.29 is 13.9 Å². The zero-order chi connectivity index (χ0) is 13.3. The lowest BCUT2D eigenvalue weighted by Gasteiger charge is -2.10. The Kier molecular flexibility index (Phi) is 4.22. The van der Waals surface area contributed by atoms with E-state index in [4.69, 9.17) is 23.2 Å². The fraction of sp³-hybridized carbons (Fsp3) is 0.167. The molecule has 0 amide bonds. The van der Waals surface area contributed by atoms with Gasteiger partial charge >= 0.3 is 0 Å². The Morgan fingerprint density at radius 2 is 1.89 bits per heavy atom. The molecule has 0 saturated heterocycles. The first-order valence-electron chi connectivity index (χ1n) is 5.04. The van der Waals surface area contributed by atoms with Gasteiger partial charge in [0.1, 0.15) is 4.34 Å². The highest BCUT2D eigenvalue weighted by Crippen LogP contribution is 2.36. The highest BCUT2D eigenvalue weighted by molar-refractivity contribution is 7.20. The van der Waals surface area contributed by atoms with Crippen LogP contribution in [0.15, 0.2) is 24.3 Å². The minimum Gasteiger partial charge on any atom is -0.388 e. The van der Waals surface area contributed by atoms with Crippen molar-refractivity contribution in [2.24, 2.45) is 0 Å². The second kappa shape index (κ2) is 5.53. The largest absolute Gasteiger partial charge is 0.388 e. The maximum absolute atomic E-state index is 13.0. The molecule has 1 unspecified atom stereocenters. The third-order valence-corrected chi connectivity index (χ3v) is 3.97. The van der Waals surface area contributed by atoms with Crippen molar-refractivity contribution >= 4 is 34.5 Å². The van der Waals surface area contributed by atoms with Gasteiger partial charge in [0.2, 0.25) is 0 Å². The summed E-state index contributed by atoms with van der Waals surface area (Å²) in [5, 5.41) is 9.98. The fourth-order valence-electron chi connectivity index (χ4n) is 1.58. The molecule has 0 spiro atoms. The first-order chi connectivity index (χ1) is 8.47. The standard InChI is InChI=1S/C12H8Cl2F2OS/c13-11-5-7(12(14)18-11)10(17)4-6-1-2-8(15)9(16)3-6/h1-3,5,10,17H,4H2. The van der Waals surface area contributed by atoms with Gasteiger partial charge < -0.3 is 5.11 Å². The molecule has 1 heterocycles. The number of aliphatic hydroxyl groups excluding tert-OH is 1. The smallest absolute Gasteiger partial charge is 0.159 e. The van der Waals surface area contributed by atoms with Crippen molar-refractivity contribution in [3.05, 3.63) is 55.7 Å². The summed E-state index contributed by atoms with van der Waals surface area (Å²) in [6.07, 6.45) is -0.754. The summed E-state index contributed by atoms with van der Waals surface area (Å²) in [7, 11) is 0. The van der Waals surface area contributed by atoms with Gasteiger partial charge in [-0.05, 0) is 23.8 Å². The van der Waals surface area contributed by atoms with Gasteiger partial charge in [-0.2, -0.15) is 0 Å². The van der Waals surface area contributed by atoms with E-state index in [9.17, 15) is 13.9 Å². The fourth-order valence-corrected chi connectivity index (χ4v) is 3.15. The lowest BCUT2D eigenvalue weighted by atomic mass is 10.0. The third-order valence-electron chi connectivity index (χ3n) is 2.46. The number of hydrogen-bond donors (Lipinski definition) is 1. The van der Waals surface area contributed by atoms with Gasteiger partial charge in [0.05, 0.1) is 10.4 Å². The lowest BCUT2D eigenvalue weighted by Crippen LogP contribution is -2.01. The Labute approximate surface area is 117 Å². The van der Waals surface area contributed by atoms with Crippen molar-refractivity contribution in [1.82, 2.24) is 0 Å². The molecular weight excluding hydrogens is 301 g/mol. The topological polar surface area (TPSA) is 20.2 Å². The van der Waals surface area contributed by atoms with E-state index in [-0.39, 0.29) is 6.42 Å². The second-order valence-corrected chi connectivity index (χ2v) is 6.03. The van der Waals surface area contributed by atoms with E-state index in [1.54, 1.807) is 6.07 Å². The number of benzene rings is 1. The normalized spacial score (nSPS) is 12.7. The monoisotopic (exact) mass is 308 g/mol. The molecule has 0 fully saturated rings. The van der Waals surface area contributed by atoms with Crippen molar-refractivity contribution in [3.63, 3.8) is 0 Å². The van der Waals surface area contributed by atoms with E-state index in [1.165, 1.54) is 6.07 Å². The predicted octanol–water partition coefficient (Wildman–Crippen LogP) is 4.61. The average Bonchev–Trinajstić information content (AvgIpc) is 2.63. The minimum absolute atomic E-state index is 0.143. The van der Waals surface area contributed by atoms with Crippen LogP contribution in [-0.4, -0.2) is 5.11 Å². The van der Waals surface area contributed by atoms with Crippen molar-refractivity contribution in [2.75, 3.05) is 0 Å². The second-order valence-electron chi connectivity index (χ2n) is 3.75. The van der Waals surface area contributed by atoms with Crippen LogP contribution in [0.3, 0.4) is 0 Å². The molecule has 0 radical (unpaired) electrons. The molecule has 0 aliphatic rings. The molecule has 0 saturated carbocycles. The molecule has 18 heavy (non-hydrogen) atoms. The third kappa shape index (κ3) is 3.01. The van der Waals surface area contributed by atoms with Gasteiger partial charge in [0.25, 0.3) is 0 Å². The quantitative estimate of drug-likeness (QED) is 0.878. The highest BCUT2D eigenvalue weighted by Gasteiger charge is 2.16. The SMILES string of the molecule is OC(Cc1ccc(F)c(F)c1)c1cc(Cl)sc1Cl. The summed E-state index contributed by atoms with van der Waals surface area (Å²) < 4.78 is 26.6. The molecule has 1 nitrogen and oxygen atoms in total. The van der Waals surface area contributed by atoms with Crippen molar-refractivity contribution in [1.29, 1.82) is 0 Å². The minimum atomic E-state index is -0.936. The zero-order valence-electron chi connectivity index (χ0n) is 8.96. The van der Waals surface area contributed by atoms with E-state index in [0.29, 0.717) is 19.8 Å². The molecule has 0 aliphatic heterocycles. The number of hydrogen-bond acceptors (Lipinski definition) is 2. The molecular formula is C12H8Cl2F2OS. The Hall–Kier alpha value is -0.680. The van der Waals surface area contributed by atoms with Crippen LogP contribution in [-0.2, 0) is 6.42 Å². The van der Waals surface area contributed by atoms with Gasteiger partial charge in [-0.25, -0.2) is 8.78 Å². The van der Waals surface area contributed by atoms with Gasteiger partial charge in [-0.3, -0.25) is 0 Å². The first-order valence-corrected chi connectivity index (χ1v) is 6.61. The summed E-state index contributed by atoms with van der Waals surface area (Å²) >= 11 is 12.8. The molecule has 1 N–H and O–H groups in total. The van der Waals surface area contributed by atoms with Crippen LogP contribution >= 0.6 is 34.5 Å². The van der Waals surface area contributed by atoms with Crippen LogP contribution in [0.5, 0.6) is 0 Å². The molecule has 2 rings (SSSR count). The van der Waals surface area contributed by atoms with E-state index in [1.807, 2.05) is 0 Å². The van der Waals surface area contributed by atoms with E-state index < -0.39 is 17.7 Å². The Morgan fingerprint density at radius 1 is 1.17 bits per heavy atom. The molecule has 2 aromatic rings. The van der Waals surface area contributed by atoms with Gasteiger partial charge in [-0.1, -0.05) is 29.3 Å². The van der Waals surface area contributed by atoms with Crippen molar-refractivity contribution in [2.45, 2.75) is 12.5 Å². The summed E-state index contributed by atoms with van der Waals surface area (Å²) in [6, 6.07) is 5.07. The van der Waals surface area contributed by atoms with Crippen LogP contribution in [0.25, 0.3) is 0 Å². The molecule has 1 atom stereocenters. The molecule has 1 aromatic heterocycles. The van der Waals surface area contributed by atoms with Crippen LogP contribution < -0.4 is 0 Å². The van der Waals surface area contributed by atoms with Gasteiger partial charge in [0.15, 0.2) is 11.6 Å². The van der Waals surface area contributed by atoms with Gasteiger partial charge in [0, 0.05) is 12.0 Å². The van der Waals surface area contributed by atoms with Gasteiger partial charge in [-0.15, -0.1) is 11.3 Å². The van der Waals surface area contributed by atoms with Crippen LogP contribution in [0, 0.1) is 11.6 Å². The predicted molar refractivity (Wildman–Crippen MR) is 69.4 cm³/mol. The Morgan fingerprint density at radius 3 is 2.44 bits per heavy atom. The lowest BCUT2D eigenvalue weighted by molar-refractivity contribution is 0.179. The van der Waals surface area contributed by atoms with Crippen LogP contribution in [0.2, 0.25) is 8.67 Å². The van der Waals surface area contributed by atoms with E-state index >= 15 is 0 Å². The number of thiophene rings is 1. The van der Waals surface area contributed by atoms with E-state index in [2.05, 4.69) is 0 Å². The van der Waals surface area contributed by atoms with Crippen LogP contribution in [0.4, 0.5) is 8.78 Å². The Balaban J connectivity index is 2.18.